The Kier molecular flexibility index (Phi) is 8.81. The van der Waals surface area contributed by atoms with Gasteiger partial charge in [0, 0.05) is 12.1 Å². The third-order valence-electron chi connectivity index (χ3n) is 4.37. The van der Waals surface area contributed by atoms with E-state index in [4.69, 9.17) is 18.9 Å². The predicted octanol–water partition coefficient (Wildman–Crippen LogP) is 4.31. The number of benzene rings is 3. The topological polar surface area (TPSA) is 54.0 Å². The molecule has 3 aromatic rings. The second-order valence-corrected chi connectivity index (χ2v) is 7.50. The van der Waals surface area contributed by atoms with Crippen LogP contribution in [0.3, 0.4) is 0 Å². The van der Waals surface area contributed by atoms with Crippen LogP contribution in [-0.2, 0) is 0 Å². The number of hydrogen-bond acceptors (Lipinski definition) is 5. The molecule has 0 fully saturated rings. The quantitative estimate of drug-likeness (QED) is 0.403. The van der Waals surface area contributed by atoms with Crippen molar-refractivity contribution in [2.45, 2.75) is 6.92 Å². The Bertz CT molecular complexity index is 983. The number of rotatable bonds is 8. The van der Waals surface area contributed by atoms with Crippen LogP contribution in [0, 0.1) is 6.92 Å². The molecule has 0 saturated heterocycles. The summed E-state index contributed by atoms with van der Waals surface area (Å²) in [7, 11) is 4.52. The summed E-state index contributed by atoms with van der Waals surface area (Å²) in [5.74, 6) is 2.93. The van der Waals surface area contributed by atoms with Gasteiger partial charge < -0.3 is 18.9 Å². The molecular weight excluding hydrogens is 394 g/mol. The van der Waals surface area contributed by atoms with E-state index in [1.807, 2.05) is 55.5 Å². The van der Waals surface area contributed by atoms with Gasteiger partial charge in [0.05, 0.1) is 21.3 Å². The number of hydrogen-bond donors (Lipinski definition) is 0. The van der Waals surface area contributed by atoms with Gasteiger partial charge in [-0.1, -0.05) is 24.3 Å². The van der Waals surface area contributed by atoms with Gasteiger partial charge in [-0.2, -0.15) is 0 Å². The molecule has 0 radical (unpaired) electrons. The van der Waals surface area contributed by atoms with E-state index < -0.39 is 0 Å². The monoisotopic (exact) mass is 418 g/mol. The summed E-state index contributed by atoms with van der Waals surface area (Å²) in [4.78, 5) is 13.1. The molecule has 30 heavy (non-hydrogen) atoms. The zero-order valence-corrected chi connectivity index (χ0v) is 17.8. The van der Waals surface area contributed by atoms with E-state index in [2.05, 4.69) is 0 Å². The molecule has 0 spiro atoms. The Labute approximate surface area is 190 Å². The van der Waals surface area contributed by atoms with Crippen LogP contribution in [0.5, 0.6) is 28.7 Å². The van der Waals surface area contributed by atoms with Gasteiger partial charge in [0.15, 0.2) is 5.52 Å². The van der Waals surface area contributed by atoms with Crippen LogP contribution in [0.4, 0.5) is 0 Å². The van der Waals surface area contributed by atoms with Crippen molar-refractivity contribution in [3.05, 3.63) is 71.8 Å². The van der Waals surface area contributed by atoms with E-state index in [1.54, 1.807) is 19.2 Å². The van der Waals surface area contributed by atoms with E-state index in [1.165, 1.54) is 14.2 Å². The molecule has 3 rings (SSSR count). The number of carbonyl (C=O) groups is 1. The fourth-order valence-corrected chi connectivity index (χ4v) is 3.93. The first kappa shape index (κ1) is 23.8. The Hall–Kier alpha value is -2.44. The van der Waals surface area contributed by atoms with Crippen LogP contribution in [0.2, 0.25) is 0 Å². The average molecular weight is 418 g/mol. The fourth-order valence-electron chi connectivity index (χ4n) is 2.88. The number of carbonyl (C=O) groups excluding carboxylic acids is 1. The molecular formula is C23H24LiO5P. The zero-order valence-electron chi connectivity index (χ0n) is 16.8. The Morgan fingerprint density at radius 2 is 1.40 bits per heavy atom. The molecule has 0 saturated carbocycles. The van der Waals surface area contributed by atoms with Gasteiger partial charge in [-0.05, 0) is 50.6 Å². The summed E-state index contributed by atoms with van der Waals surface area (Å²) in [6.07, 6.45) is 0. The standard InChI is InChI=1S/C23H23O5P.Li.H/c1-15-12-17(28-16-8-6-5-7-9-16)10-11-21(15)29-23(24)22-19(26-3)13-18(25-2)14-20(22)27-4;;/h5-14,29H,1-4H3;;. The van der Waals surface area contributed by atoms with Crippen molar-refractivity contribution in [3.63, 3.8) is 0 Å². The van der Waals surface area contributed by atoms with Crippen molar-refractivity contribution in [2.24, 2.45) is 0 Å². The van der Waals surface area contributed by atoms with Crippen LogP contribution in [-0.4, -0.2) is 45.7 Å². The number of ether oxygens (including phenoxy) is 4. The first-order valence-electron chi connectivity index (χ1n) is 9.00. The van der Waals surface area contributed by atoms with E-state index in [0.29, 0.717) is 22.8 Å². The maximum absolute atomic E-state index is 13.1. The Balaban J connectivity index is 0.00000320. The number of para-hydroxylation sites is 1. The molecule has 0 aliphatic heterocycles. The first-order chi connectivity index (χ1) is 14.0. The first-order valence-corrected chi connectivity index (χ1v) is 10.0. The molecule has 0 aliphatic carbocycles. The van der Waals surface area contributed by atoms with Crippen molar-refractivity contribution >= 4 is 38.3 Å². The molecule has 0 bridgehead atoms. The van der Waals surface area contributed by atoms with E-state index in [9.17, 15) is 4.79 Å². The van der Waals surface area contributed by atoms with Crippen LogP contribution in [0.25, 0.3) is 0 Å². The average Bonchev–Trinajstić information content (AvgIpc) is 2.75. The third-order valence-corrected chi connectivity index (χ3v) is 5.67. The van der Waals surface area contributed by atoms with Gasteiger partial charge in [0.25, 0.3) is 0 Å². The molecule has 5 nitrogen and oxygen atoms in total. The summed E-state index contributed by atoms with van der Waals surface area (Å²) >= 11 is 0. The van der Waals surface area contributed by atoms with E-state index in [0.717, 1.165) is 22.4 Å². The normalized spacial score (nSPS) is 10.4. The Morgan fingerprint density at radius 3 is 1.93 bits per heavy atom. The number of aryl methyl sites for hydroxylation is 1. The van der Waals surface area contributed by atoms with E-state index in [-0.39, 0.29) is 33.0 Å². The fraction of sp³-hybridized carbons (Fsp3) is 0.174. The van der Waals surface area contributed by atoms with Crippen molar-refractivity contribution in [1.29, 1.82) is 0 Å². The molecule has 0 aromatic heterocycles. The summed E-state index contributed by atoms with van der Waals surface area (Å²) < 4.78 is 21.9. The third kappa shape index (κ3) is 5.58. The van der Waals surface area contributed by atoms with Gasteiger partial charge in [-0.25, -0.2) is 0 Å². The molecule has 3 aromatic carbocycles. The van der Waals surface area contributed by atoms with Crippen molar-refractivity contribution in [1.82, 2.24) is 0 Å². The summed E-state index contributed by atoms with van der Waals surface area (Å²) in [6, 6.07) is 18.7. The van der Waals surface area contributed by atoms with Gasteiger partial charge >= 0.3 is 18.9 Å². The second-order valence-electron chi connectivity index (χ2n) is 6.25. The molecule has 152 valence electrons. The maximum atomic E-state index is 13.1. The molecule has 1 atom stereocenters. The van der Waals surface area contributed by atoms with Crippen molar-refractivity contribution in [2.75, 3.05) is 21.3 Å². The molecule has 0 N–H and O–H groups in total. The van der Waals surface area contributed by atoms with Gasteiger partial charge in [0.2, 0.25) is 0 Å². The van der Waals surface area contributed by atoms with Gasteiger partial charge in [0.1, 0.15) is 34.3 Å². The minimum atomic E-state index is -0.0802. The van der Waals surface area contributed by atoms with Gasteiger partial charge in [-0.15, -0.1) is 0 Å². The van der Waals surface area contributed by atoms with Crippen molar-refractivity contribution < 1.29 is 23.7 Å². The predicted molar refractivity (Wildman–Crippen MR) is 123 cm³/mol. The van der Waals surface area contributed by atoms with Crippen LogP contribution < -0.4 is 24.3 Å². The summed E-state index contributed by atoms with van der Waals surface area (Å²) in [5, 5.41) is 0.940. The van der Waals surface area contributed by atoms with Gasteiger partial charge in [-0.3, -0.25) is 4.79 Å². The number of methoxy groups -OCH3 is 3. The van der Waals surface area contributed by atoms with Crippen LogP contribution >= 0.6 is 8.58 Å². The SMILES string of the molecule is COc1cc(OC)c(C(=O)Pc2ccc(Oc3ccccc3)cc2C)c(OC)c1.[LiH]. The molecule has 7 heteroatoms. The molecule has 0 amide bonds. The summed E-state index contributed by atoms with van der Waals surface area (Å²) in [6.45, 7) is 1.97. The minimum absolute atomic E-state index is 0. The Morgan fingerprint density at radius 1 is 0.767 bits per heavy atom. The molecule has 1 unspecified atom stereocenters. The van der Waals surface area contributed by atoms with Crippen LogP contribution in [0.1, 0.15) is 15.9 Å². The molecule has 0 heterocycles. The van der Waals surface area contributed by atoms with Crippen molar-refractivity contribution in [3.8, 4) is 28.7 Å². The van der Waals surface area contributed by atoms with Crippen LogP contribution in [0.15, 0.2) is 60.7 Å². The molecule has 0 aliphatic rings. The second kappa shape index (κ2) is 11.1. The summed E-state index contributed by atoms with van der Waals surface area (Å²) in [5.41, 5.74) is 1.33. The van der Waals surface area contributed by atoms with E-state index >= 15 is 0 Å². The zero-order chi connectivity index (χ0) is 20.8.